The van der Waals surface area contributed by atoms with Crippen molar-refractivity contribution in [2.24, 2.45) is 0 Å². The predicted molar refractivity (Wildman–Crippen MR) is 70.0 cm³/mol. The van der Waals surface area contributed by atoms with Crippen LogP contribution < -0.4 is 0 Å². The lowest BCUT2D eigenvalue weighted by Gasteiger charge is -2.32. The van der Waals surface area contributed by atoms with Crippen molar-refractivity contribution >= 4 is 5.97 Å². The summed E-state index contributed by atoms with van der Waals surface area (Å²) in [5, 5.41) is 0. The van der Waals surface area contributed by atoms with Crippen molar-refractivity contribution < 1.29 is 9.53 Å². The number of ether oxygens (including phenoxy) is 1. The fourth-order valence-corrected chi connectivity index (χ4v) is 2.58. The highest BCUT2D eigenvalue weighted by Gasteiger charge is 2.27. The van der Waals surface area contributed by atoms with Crippen molar-refractivity contribution in [3.63, 3.8) is 0 Å². The van der Waals surface area contributed by atoms with Gasteiger partial charge in [0.25, 0.3) is 0 Å². The Labute approximate surface area is 106 Å². The molecule has 1 atom stereocenters. The number of carbonyl (C=O) groups is 1. The van der Waals surface area contributed by atoms with E-state index in [-0.39, 0.29) is 12.0 Å². The van der Waals surface area contributed by atoms with Crippen LogP contribution in [-0.2, 0) is 9.53 Å². The molecular formula is C14H27NO2. The quantitative estimate of drug-likeness (QED) is 0.507. The number of carbonyl (C=O) groups excluding carboxylic acids is 1. The third-order valence-corrected chi connectivity index (χ3v) is 3.64. The van der Waals surface area contributed by atoms with Gasteiger partial charge in [0.1, 0.15) is 6.04 Å². The van der Waals surface area contributed by atoms with Crippen LogP contribution in [0.5, 0.6) is 0 Å². The summed E-state index contributed by atoms with van der Waals surface area (Å²) < 4.78 is 4.94. The molecule has 0 aromatic rings. The Hall–Kier alpha value is -0.570. The van der Waals surface area contributed by atoms with Gasteiger partial charge in [-0.2, -0.15) is 0 Å². The van der Waals surface area contributed by atoms with Crippen LogP contribution in [-0.4, -0.2) is 37.1 Å². The molecule has 3 heteroatoms. The molecule has 0 aromatic carbocycles. The molecule has 100 valence electrons. The average molecular weight is 241 g/mol. The minimum Gasteiger partial charge on any atom is -0.468 e. The number of piperidine rings is 1. The van der Waals surface area contributed by atoms with Gasteiger partial charge in [0.15, 0.2) is 0 Å². The van der Waals surface area contributed by atoms with E-state index in [0.717, 1.165) is 25.9 Å². The molecule has 1 aliphatic rings. The monoisotopic (exact) mass is 241 g/mol. The first-order chi connectivity index (χ1) is 8.29. The Morgan fingerprint density at radius 3 is 2.47 bits per heavy atom. The van der Waals surface area contributed by atoms with Gasteiger partial charge in [-0.05, 0) is 32.4 Å². The Balaban J connectivity index is 2.39. The highest BCUT2D eigenvalue weighted by molar-refractivity contribution is 5.75. The van der Waals surface area contributed by atoms with E-state index < -0.39 is 0 Å². The van der Waals surface area contributed by atoms with Crippen molar-refractivity contribution in [3.05, 3.63) is 0 Å². The maximum absolute atomic E-state index is 11.8. The summed E-state index contributed by atoms with van der Waals surface area (Å²) in [7, 11) is 1.51. The number of hydrogen-bond acceptors (Lipinski definition) is 3. The van der Waals surface area contributed by atoms with Crippen molar-refractivity contribution in [1.82, 2.24) is 4.90 Å². The summed E-state index contributed by atoms with van der Waals surface area (Å²) in [5.74, 6) is -0.0385. The smallest absolute Gasteiger partial charge is 0.323 e. The van der Waals surface area contributed by atoms with Gasteiger partial charge in [0.05, 0.1) is 7.11 Å². The summed E-state index contributed by atoms with van der Waals surface area (Å²) in [6.07, 6.45) is 9.61. The van der Waals surface area contributed by atoms with E-state index in [1.54, 1.807) is 0 Å². The second-order valence-electron chi connectivity index (χ2n) is 4.98. The lowest BCUT2D eigenvalue weighted by Crippen LogP contribution is -2.44. The Bertz CT molecular complexity index is 212. The molecular weight excluding hydrogens is 214 g/mol. The van der Waals surface area contributed by atoms with Gasteiger partial charge in [-0.15, -0.1) is 0 Å². The highest BCUT2D eigenvalue weighted by Crippen LogP contribution is 2.18. The van der Waals surface area contributed by atoms with Crippen LogP contribution >= 0.6 is 0 Å². The molecule has 1 saturated heterocycles. The van der Waals surface area contributed by atoms with Gasteiger partial charge in [-0.3, -0.25) is 9.69 Å². The number of rotatable bonds is 7. The molecule has 17 heavy (non-hydrogen) atoms. The van der Waals surface area contributed by atoms with E-state index in [4.69, 9.17) is 4.74 Å². The molecule has 0 N–H and O–H groups in total. The molecule has 1 heterocycles. The molecule has 0 radical (unpaired) electrons. The first-order valence-corrected chi connectivity index (χ1v) is 7.11. The highest BCUT2D eigenvalue weighted by atomic mass is 16.5. The Morgan fingerprint density at radius 2 is 1.88 bits per heavy atom. The zero-order chi connectivity index (χ0) is 12.5. The SMILES string of the molecule is CCCCCC[C@@H](C(=O)OC)N1CCCCC1. The maximum atomic E-state index is 11.8. The standard InChI is InChI=1S/C14H27NO2/c1-3-4-5-7-10-13(14(16)17-2)15-11-8-6-9-12-15/h13H,3-12H2,1-2H3/t13-/m0/s1. The van der Waals surface area contributed by atoms with E-state index in [0.29, 0.717) is 0 Å². The maximum Gasteiger partial charge on any atom is 0.323 e. The summed E-state index contributed by atoms with van der Waals surface area (Å²) in [6.45, 7) is 4.34. The largest absolute Gasteiger partial charge is 0.468 e. The Morgan fingerprint density at radius 1 is 1.18 bits per heavy atom. The molecule has 1 rings (SSSR count). The van der Waals surface area contributed by atoms with Gasteiger partial charge in [-0.25, -0.2) is 0 Å². The Kier molecular flexibility index (Phi) is 7.25. The number of unbranched alkanes of at least 4 members (excludes halogenated alkanes) is 3. The normalized spacial score (nSPS) is 18.9. The second-order valence-corrected chi connectivity index (χ2v) is 4.98. The van der Waals surface area contributed by atoms with Crippen molar-refractivity contribution in [2.75, 3.05) is 20.2 Å². The number of esters is 1. The van der Waals surface area contributed by atoms with Gasteiger partial charge >= 0.3 is 5.97 Å². The summed E-state index contributed by atoms with van der Waals surface area (Å²) >= 11 is 0. The zero-order valence-electron chi connectivity index (χ0n) is 11.4. The summed E-state index contributed by atoms with van der Waals surface area (Å²) in [5.41, 5.74) is 0. The van der Waals surface area contributed by atoms with Crippen molar-refractivity contribution in [1.29, 1.82) is 0 Å². The fourth-order valence-electron chi connectivity index (χ4n) is 2.58. The molecule has 1 aliphatic heterocycles. The van der Waals surface area contributed by atoms with Crippen LogP contribution in [0, 0.1) is 0 Å². The minimum atomic E-state index is -0.0385. The predicted octanol–water partition coefficient (Wildman–Crippen LogP) is 2.98. The van der Waals surface area contributed by atoms with E-state index in [1.807, 2.05) is 0 Å². The van der Waals surface area contributed by atoms with E-state index in [2.05, 4.69) is 11.8 Å². The topological polar surface area (TPSA) is 29.5 Å². The summed E-state index contributed by atoms with van der Waals surface area (Å²) in [6, 6.07) is 0.0113. The molecule has 0 saturated carbocycles. The minimum absolute atomic E-state index is 0.0113. The number of methoxy groups -OCH3 is 1. The molecule has 0 spiro atoms. The first kappa shape index (κ1) is 14.5. The van der Waals surface area contributed by atoms with Crippen LogP contribution in [0.1, 0.15) is 58.3 Å². The number of likely N-dealkylation sites (tertiary alicyclic amines) is 1. The molecule has 0 amide bonds. The molecule has 1 fully saturated rings. The summed E-state index contributed by atoms with van der Waals surface area (Å²) in [4.78, 5) is 14.1. The van der Waals surface area contributed by atoms with Crippen LogP contribution in [0.25, 0.3) is 0 Å². The lowest BCUT2D eigenvalue weighted by atomic mass is 10.0. The molecule has 0 bridgehead atoms. The first-order valence-electron chi connectivity index (χ1n) is 7.11. The molecule has 0 aromatic heterocycles. The van der Waals surface area contributed by atoms with Gasteiger partial charge in [0, 0.05) is 0 Å². The van der Waals surface area contributed by atoms with Crippen LogP contribution in [0.2, 0.25) is 0 Å². The molecule has 3 nitrogen and oxygen atoms in total. The average Bonchev–Trinajstić information content (AvgIpc) is 2.39. The van der Waals surface area contributed by atoms with E-state index in [9.17, 15) is 4.79 Å². The fraction of sp³-hybridized carbons (Fsp3) is 0.929. The second kappa shape index (κ2) is 8.51. The van der Waals surface area contributed by atoms with Gasteiger partial charge in [-0.1, -0.05) is 39.0 Å². The van der Waals surface area contributed by atoms with Crippen molar-refractivity contribution in [3.8, 4) is 0 Å². The van der Waals surface area contributed by atoms with Gasteiger partial charge in [0.2, 0.25) is 0 Å². The molecule has 0 unspecified atom stereocenters. The van der Waals surface area contributed by atoms with E-state index in [1.165, 1.54) is 45.6 Å². The third kappa shape index (κ3) is 5.07. The number of hydrogen-bond donors (Lipinski definition) is 0. The third-order valence-electron chi connectivity index (χ3n) is 3.64. The number of nitrogens with zero attached hydrogens (tertiary/aromatic N) is 1. The zero-order valence-corrected chi connectivity index (χ0v) is 11.4. The van der Waals surface area contributed by atoms with Crippen molar-refractivity contribution in [2.45, 2.75) is 64.3 Å². The lowest BCUT2D eigenvalue weighted by molar-refractivity contribution is -0.147. The van der Waals surface area contributed by atoms with E-state index >= 15 is 0 Å². The van der Waals surface area contributed by atoms with Crippen LogP contribution in [0.15, 0.2) is 0 Å². The van der Waals surface area contributed by atoms with Gasteiger partial charge < -0.3 is 4.74 Å². The molecule has 0 aliphatic carbocycles. The van der Waals surface area contributed by atoms with Crippen LogP contribution in [0.3, 0.4) is 0 Å². The van der Waals surface area contributed by atoms with Crippen LogP contribution in [0.4, 0.5) is 0 Å².